The van der Waals surface area contributed by atoms with Crippen molar-refractivity contribution in [3.8, 4) is 11.5 Å². The lowest BCUT2D eigenvalue weighted by atomic mass is 10.2. The first-order valence-corrected chi connectivity index (χ1v) is 10.5. The molecule has 0 atom stereocenters. The van der Waals surface area contributed by atoms with Crippen LogP contribution >= 0.6 is 11.8 Å². The molecular weight excluding hydrogens is 406 g/mol. The molecule has 0 radical (unpaired) electrons. The molecule has 1 amide bonds. The summed E-state index contributed by atoms with van der Waals surface area (Å²) in [5, 5.41) is 5.74. The number of nitrogens with zero attached hydrogens (tertiary/aromatic N) is 1. The number of nitrogens with one attached hydrogen (secondary N) is 2. The van der Waals surface area contributed by atoms with E-state index in [1.807, 2.05) is 39.2 Å². The number of hydrogen-bond donors (Lipinski definition) is 2. The molecule has 1 aromatic carbocycles. The monoisotopic (exact) mass is 435 g/mol. The Labute approximate surface area is 181 Å². The van der Waals surface area contributed by atoms with Crippen LogP contribution in [0, 0.1) is 0 Å². The van der Waals surface area contributed by atoms with Crippen molar-refractivity contribution < 1.29 is 23.8 Å². The molecule has 8 nitrogen and oxygen atoms in total. The van der Waals surface area contributed by atoms with Crippen LogP contribution in [0.25, 0.3) is 0 Å². The van der Waals surface area contributed by atoms with Gasteiger partial charge in [-0.25, -0.2) is 9.78 Å². The van der Waals surface area contributed by atoms with Crippen LogP contribution in [0.2, 0.25) is 0 Å². The number of benzene rings is 1. The Morgan fingerprint density at radius 3 is 2.43 bits per heavy atom. The van der Waals surface area contributed by atoms with Crippen molar-refractivity contribution in [2.75, 3.05) is 30.5 Å². The van der Waals surface area contributed by atoms with Gasteiger partial charge in [0.1, 0.15) is 22.9 Å². The van der Waals surface area contributed by atoms with E-state index in [1.54, 1.807) is 38.4 Å². The number of thioether (sulfide) groups is 1. The van der Waals surface area contributed by atoms with E-state index in [1.165, 1.54) is 11.8 Å². The Bertz CT molecular complexity index is 825. The van der Waals surface area contributed by atoms with Gasteiger partial charge < -0.3 is 19.5 Å². The van der Waals surface area contributed by atoms with Gasteiger partial charge >= 0.3 is 6.09 Å². The maximum atomic E-state index is 12.0. The summed E-state index contributed by atoms with van der Waals surface area (Å²) in [5.41, 5.74) is 0.138. The minimum Gasteiger partial charge on any atom is -0.468 e. The highest BCUT2D eigenvalue weighted by Crippen LogP contribution is 2.32. The van der Waals surface area contributed by atoms with Gasteiger partial charge in [-0.1, -0.05) is 0 Å². The lowest BCUT2D eigenvalue weighted by molar-refractivity contribution is -0.128. The maximum Gasteiger partial charge on any atom is 0.412 e. The highest BCUT2D eigenvalue weighted by atomic mass is 32.2. The van der Waals surface area contributed by atoms with Crippen molar-refractivity contribution in [3.05, 3.63) is 36.5 Å². The van der Waals surface area contributed by atoms with E-state index < -0.39 is 11.7 Å². The van der Waals surface area contributed by atoms with E-state index in [-0.39, 0.29) is 0 Å². The summed E-state index contributed by atoms with van der Waals surface area (Å²) in [7, 11) is 1.80. The molecule has 2 rings (SSSR count). The van der Waals surface area contributed by atoms with E-state index >= 15 is 0 Å². The van der Waals surface area contributed by atoms with Gasteiger partial charge in [0.2, 0.25) is 0 Å². The van der Waals surface area contributed by atoms with Crippen molar-refractivity contribution in [2.24, 2.45) is 0 Å². The van der Waals surface area contributed by atoms with Gasteiger partial charge in [-0.15, -0.1) is 11.8 Å². The summed E-state index contributed by atoms with van der Waals surface area (Å²) in [6.45, 7) is 8.14. The first-order chi connectivity index (χ1) is 14.2. The molecule has 0 aliphatic rings. The average molecular weight is 436 g/mol. The highest BCUT2D eigenvalue weighted by molar-refractivity contribution is 7.98. The first kappa shape index (κ1) is 25.1. The van der Waals surface area contributed by atoms with Crippen LogP contribution in [0.15, 0.2) is 41.4 Å². The van der Waals surface area contributed by atoms with Crippen LogP contribution in [0.4, 0.5) is 16.3 Å². The number of carbonyl (C=O) groups is 2. The van der Waals surface area contributed by atoms with Crippen molar-refractivity contribution >= 4 is 35.8 Å². The van der Waals surface area contributed by atoms with Gasteiger partial charge in [-0.05, 0) is 58.2 Å². The lowest BCUT2D eigenvalue weighted by Crippen LogP contribution is -2.27. The Hall–Kier alpha value is -2.94. The van der Waals surface area contributed by atoms with E-state index in [9.17, 15) is 9.59 Å². The van der Waals surface area contributed by atoms with Gasteiger partial charge in [-0.2, -0.15) is 0 Å². The van der Waals surface area contributed by atoms with Crippen molar-refractivity contribution in [3.63, 3.8) is 0 Å². The second kappa shape index (κ2) is 12.6. The van der Waals surface area contributed by atoms with Gasteiger partial charge in [0.15, 0.2) is 0 Å². The second-order valence-corrected chi connectivity index (χ2v) is 7.62. The van der Waals surface area contributed by atoms with Crippen LogP contribution in [0.5, 0.6) is 11.5 Å². The second-order valence-electron chi connectivity index (χ2n) is 6.77. The van der Waals surface area contributed by atoms with Crippen LogP contribution < -0.4 is 15.4 Å². The lowest BCUT2D eigenvalue weighted by Gasteiger charge is -2.20. The summed E-state index contributed by atoms with van der Waals surface area (Å²) < 4.78 is 15.3. The molecule has 30 heavy (non-hydrogen) atoms. The minimum absolute atomic E-state index is 0.431. The SMILES string of the molecule is CCOC=O.CNc1cc(Oc2ccc(NC(=O)OC(C)(C)C)c(SC)c2)ccn1. The molecule has 2 N–H and O–H groups in total. The van der Waals surface area contributed by atoms with Crippen LogP contribution in [0.1, 0.15) is 27.7 Å². The Morgan fingerprint density at radius 1 is 1.20 bits per heavy atom. The van der Waals surface area contributed by atoms with Gasteiger partial charge in [0, 0.05) is 24.2 Å². The number of hydrogen-bond acceptors (Lipinski definition) is 8. The normalized spacial score (nSPS) is 10.2. The number of aromatic nitrogens is 1. The fourth-order valence-corrected chi connectivity index (χ4v) is 2.64. The molecule has 164 valence electrons. The largest absolute Gasteiger partial charge is 0.468 e. The average Bonchev–Trinajstić information content (AvgIpc) is 2.69. The van der Waals surface area contributed by atoms with Crippen molar-refractivity contribution in [1.29, 1.82) is 0 Å². The fraction of sp³-hybridized carbons (Fsp3) is 0.381. The Kier molecular flexibility index (Phi) is 10.5. The molecule has 9 heteroatoms. The van der Waals surface area contributed by atoms with Crippen molar-refractivity contribution in [1.82, 2.24) is 4.98 Å². The molecule has 1 heterocycles. The predicted octanol–water partition coefficient (Wildman–Crippen LogP) is 5.16. The summed E-state index contributed by atoms with van der Waals surface area (Å²) in [6.07, 6.45) is 3.13. The van der Waals surface area contributed by atoms with E-state index in [4.69, 9.17) is 9.47 Å². The van der Waals surface area contributed by atoms with E-state index in [2.05, 4.69) is 20.4 Å². The molecule has 0 aliphatic heterocycles. The molecule has 1 aromatic heterocycles. The smallest absolute Gasteiger partial charge is 0.412 e. The van der Waals surface area contributed by atoms with Gasteiger partial charge in [-0.3, -0.25) is 10.1 Å². The van der Waals surface area contributed by atoms with Crippen LogP contribution in [-0.2, 0) is 14.3 Å². The van der Waals surface area contributed by atoms with E-state index in [0.29, 0.717) is 30.3 Å². The number of anilines is 2. The molecule has 0 saturated heterocycles. The van der Waals surface area contributed by atoms with Gasteiger partial charge in [0.25, 0.3) is 6.47 Å². The number of ether oxygens (including phenoxy) is 3. The third kappa shape index (κ3) is 9.51. The number of amides is 1. The minimum atomic E-state index is -0.543. The predicted molar refractivity (Wildman–Crippen MR) is 120 cm³/mol. The number of rotatable bonds is 7. The van der Waals surface area contributed by atoms with Crippen LogP contribution in [0.3, 0.4) is 0 Å². The first-order valence-electron chi connectivity index (χ1n) is 9.27. The molecule has 0 saturated carbocycles. The molecule has 0 bridgehead atoms. The third-order valence-electron chi connectivity index (χ3n) is 3.27. The molecule has 0 fully saturated rings. The number of carbonyl (C=O) groups excluding carboxylic acids is 2. The maximum absolute atomic E-state index is 12.0. The third-order valence-corrected chi connectivity index (χ3v) is 4.04. The zero-order valence-corrected chi connectivity index (χ0v) is 19.0. The quantitative estimate of drug-likeness (QED) is 0.454. The molecule has 2 aromatic rings. The van der Waals surface area contributed by atoms with E-state index in [0.717, 1.165) is 10.7 Å². The zero-order valence-electron chi connectivity index (χ0n) is 18.1. The Morgan fingerprint density at radius 2 is 1.90 bits per heavy atom. The standard InChI is InChI=1S/C18H23N3O3S.C3H6O2/c1-18(2,3)24-17(22)21-14-7-6-12(10-15(14)25-5)23-13-8-9-20-16(11-13)19-4;1-2-5-3-4/h6-11H,1-5H3,(H,19,20)(H,21,22);3H,2H2,1H3. The Balaban J connectivity index is 0.000000804. The summed E-state index contributed by atoms with van der Waals surface area (Å²) in [4.78, 5) is 26.2. The molecule has 0 spiro atoms. The molecule has 0 unspecified atom stereocenters. The zero-order chi connectivity index (χ0) is 22.6. The fourth-order valence-electron chi connectivity index (χ4n) is 2.07. The summed E-state index contributed by atoms with van der Waals surface area (Å²) in [5.74, 6) is 2.08. The number of pyridine rings is 1. The molecule has 0 aliphatic carbocycles. The topological polar surface area (TPSA) is 98.8 Å². The van der Waals surface area contributed by atoms with Gasteiger partial charge in [0.05, 0.1) is 12.3 Å². The summed E-state index contributed by atoms with van der Waals surface area (Å²) >= 11 is 1.51. The van der Waals surface area contributed by atoms with Crippen LogP contribution in [-0.4, -0.2) is 43.1 Å². The molecular formula is C21H29N3O5S. The van der Waals surface area contributed by atoms with Crippen molar-refractivity contribution in [2.45, 2.75) is 38.2 Å². The highest BCUT2D eigenvalue weighted by Gasteiger charge is 2.17. The summed E-state index contributed by atoms with van der Waals surface area (Å²) in [6, 6.07) is 9.06.